The van der Waals surface area contributed by atoms with Gasteiger partial charge >= 0.3 is 5.97 Å². The van der Waals surface area contributed by atoms with E-state index in [1.54, 1.807) is 23.4 Å². The number of aromatic nitrogens is 3. The maximum absolute atomic E-state index is 12.3. The Kier molecular flexibility index (Phi) is 6.00. The molecule has 0 spiro atoms. The third-order valence-corrected chi connectivity index (χ3v) is 4.58. The van der Waals surface area contributed by atoms with Crippen LogP contribution in [0.25, 0.3) is 0 Å². The van der Waals surface area contributed by atoms with Crippen LogP contribution in [0.5, 0.6) is 0 Å². The summed E-state index contributed by atoms with van der Waals surface area (Å²) in [7, 11) is 0. The van der Waals surface area contributed by atoms with Crippen LogP contribution in [-0.2, 0) is 20.7 Å². The van der Waals surface area contributed by atoms with Crippen molar-refractivity contribution in [3.05, 3.63) is 35.5 Å². The fourth-order valence-electron chi connectivity index (χ4n) is 3.00. The van der Waals surface area contributed by atoms with Gasteiger partial charge in [-0.1, -0.05) is 5.16 Å². The van der Waals surface area contributed by atoms with E-state index in [0.717, 1.165) is 11.3 Å². The van der Waals surface area contributed by atoms with Crippen LogP contribution in [0.15, 0.2) is 23.0 Å². The number of rotatable bonds is 6. The molecule has 1 saturated heterocycles. The van der Waals surface area contributed by atoms with E-state index >= 15 is 0 Å². The van der Waals surface area contributed by atoms with Crippen LogP contribution in [0.2, 0.25) is 0 Å². The minimum Gasteiger partial charge on any atom is -0.456 e. The van der Waals surface area contributed by atoms with Crippen LogP contribution in [0.3, 0.4) is 0 Å². The molecule has 3 rings (SSSR count). The molecule has 9 nitrogen and oxygen atoms in total. The Morgan fingerprint density at radius 2 is 1.85 bits per heavy atom. The molecule has 3 heterocycles. The number of anilines is 1. The Balaban J connectivity index is 1.39. The maximum Gasteiger partial charge on any atom is 0.306 e. The lowest BCUT2D eigenvalue weighted by Crippen LogP contribution is -2.50. The van der Waals surface area contributed by atoms with Crippen molar-refractivity contribution in [2.75, 3.05) is 37.7 Å². The largest absolute Gasteiger partial charge is 0.456 e. The van der Waals surface area contributed by atoms with Gasteiger partial charge < -0.3 is 19.1 Å². The zero-order valence-corrected chi connectivity index (χ0v) is 15.6. The standard InChI is InChI=1S/C18H23N5O4/c1-13-15(14(2)27-21-13)4-5-17(25)26-12-16(24)22-8-10-23(11-9-22)18-19-6-3-7-20-18/h3,6-7H,4-5,8-12H2,1-2H3. The second-order valence-corrected chi connectivity index (χ2v) is 6.38. The van der Waals surface area contributed by atoms with E-state index in [1.165, 1.54) is 0 Å². The van der Waals surface area contributed by atoms with Crippen molar-refractivity contribution >= 4 is 17.8 Å². The lowest BCUT2D eigenvalue weighted by Gasteiger charge is -2.34. The SMILES string of the molecule is Cc1noc(C)c1CCC(=O)OCC(=O)N1CCN(c2ncccn2)CC1. The molecule has 144 valence electrons. The summed E-state index contributed by atoms with van der Waals surface area (Å²) in [5.74, 6) is 0.779. The van der Waals surface area contributed by atoms with Crippen molar-refractivity contribution in [1.29, 1.82) is 0 Å². The van der Waals surface area contributed by atoms with E-state index in [-0.39, 0.29) is 18.9 Å². The van der Waals surface area contributed by atoms with E-state index in [2.05, 4.69) is 15.1 Å². The summed E-state index contributed by atoms with van der Waals surface area (Å²) in [6.07, 6.45) is 4.07. The van der Waals surface area contributed by atoms with Gasteiger partial charge in [-0.25, -0.2) is 9.97 Å². The fraction of sp³-hybridized carbons (Fsp3) is 0.500. The van der Waals surface area contributed by atoms with E-state index in [4.69, 9.17) is 9.26 Å². The van der Waals surface area contributed by atoms with Gasteiger partial charge in [-0.2, -0.15) is 0 Å². The highest BCUT2D eigenvalue weighted by Gasteiger charge is 2.23. The molecule has 0 radical (unpaired) electrons. The quantitative estimate of drug-likeness (QED) is 0.689. The number of aryl methyl sites for hydroxylation is 2. The fourth-order valence-corrected chi connectivity index (χ4v) is 3.00. The Bertz CT molecular complexity index is 765. The van der Waals surface area contributed by atoms with E-state index < -0.39 is 5.97 Å². The van der Waals surface area contributed by atoms with Gasteiger partial charge in [0.15, 0.2) is 6.61 Å². The van der Waals surface area contributed by atoms with Crippen LogP contribution in [0.4, 0.5) is 5.95 Å². The Hall–Kier alpha value is -2.97. The number of esters is 1. The minimum atomic E-state index is -0.403. The van der Waals surface area contributed by atoms with Gasteiger partial charge in [0.2, 0.25) is 5.95 Å². The summed E-state index contributed by atoms with van der Waals surface area (Å²) in [5, 5.41) is 3.86. The monoisotopic (exact) mass is 373 g/mol. The zero-order chi connectivity index (χ0) is 19.2. The van der Waals surface area contributed by atoms with Gasteiger partial charge in [-0.3, -0.25) is 9.59 Å². The molecule has 0 saturated carbocycles. The predicted octanol–water partition coefficient (Wildman–Crippen LogP) is 0.906. The highest BCUT2D eigenvalue weighted by atomic mass is 16.5. The molecule has 0 atom stereocenters. The number of carbonyl (C=O) groups excluding carboxylic acids is 2. The summed E-state index contributed by atoms with van der Waals surface area (Å²) in [6.45, 7) is 5.81. The first-order chi connectivity index (χ1) is 13.0. The smallest absolute Gasteiger partial charge is 0.306 e. The number of hydrogen-bond donors (Lipinski definition) is 0. The van der Waals surface area contributed by atoms with Gasteiger partial charge in [0.1, 0.15) is 5.76 Å². The molecule has 2 aromatic heterocycles. The van der Waals surface area contributed by atoms with Crippen molar-refractivity contribution in [2.45, 2.75) is 26.7 Å². The number of amides is 1. The number of piperazine rings is 1. The van der Waals surface area contributed by atoms with Crippen molar-refractivity contribution in [3.63, 3.8) is 0 Å². The Morgan fingerprint density at radius 1 is 1.15 bits per heavy atom. The van der Waals surface area contributed by atoms with Crippen LogP contribution in [0, 0.1) is 13.8 Å². The number of ether oxygens (including phenoxy) is 1. The first-order valence-electron chi connectivity index (χ1n) is 8.91. The third kappa shape index (κ3) is 4.81. The van der Waals surface area contributed by atoms with Gasteiger partial charge in [0.25, 0.3) is 5.91 Å². The van der Waals surface area contributed by atoms with Crippen LogP contribution >= 0.6 is 0 Å². The minimum absolute atomic E-state index is 0.186. The Labute approximate surface area is 157 Å². The normalized spacial score (nSPS) is 14.3. The molecule has 1 amide bonds. The molecule has 1 fully saturated rings. The van der Waals surface area contributed by atoms with Crippen molar-refractivity contribution in [1.82, 2.24) is 20.0 Å². The highest BCUT2D eigenvalue weighted by molar-refractivity contribution is 5.81. The second kappa shape index (κ2) is 8.61. The van der Waals surface area contributed by atoms with Crippen molar-refractivity contribution < 1.29 is 18.8 Å². The number of carbonyl (C=O) groups is 2. The zero-order valence-electron chi connectivity index (χ0n) is 15.6. The first kappa shape index (κ1) is 18.8. The van der Waals surface area contributed by atoms with E-state index in [9.17, 15) is 9.59 Å². The highest BCUT2D eigenvalue weighted by Crippen LogP contribution is 2.14. The Morgan fingerprint density at radius 3 is 2.48 bits per heavy atom. The molecule has 0 aliphatic carbocycles. The molecule has 1 aliphatic rings. The summed E-state index contributed by atoms with van der Waals surface area (Å²) in [4.78, 5) is 36.3. The molecule has 0 N–H and O–H groups in total. The molecule has 2 aromatic rings. The number of nitrogens with zero attached hydrogens (tertiary/aromatic N) is 5. The molecule has 0 unspecified atom stereocenters. The van der Waals surface area contributed by atoms with E-state index in [1.807, 2.05) is 18.7 Å². The summed E-state index contributed by atoms with van der Waals surface area (Å²) < 4.78 is 10.2. The van der Waals surface area contributed by atoms with Crippen LogP contribution < -0.4 is 4.90 Å². The first-order valence-corrected chi connectivity index (χ1v) is 8.91. The number of hydrogen-bond acceptors (Lipinski definition) is 8. The van der Waals surface area contributed by atoms with Gasteiger partial charge in [-0.15, -0.1) is 0 Å². The summed E-state index contributed by atoms with van der Waals surface area (Å²) >= 11 is 0. The molecular weight excluding hydrogens is 350 g/mol. The molecule has 27 heavy (non-hydrogen) atoms. The average Bonchev–Trinajstić information content (AvgIpc) is 3.03. The van der Waals surface area contributed by atoms with Crippen LogP contribution in [0.1, 0.15) is 23.4 Å². The molecule has 0 aromatic carbocycles. The van der Waals surface area contributed by atoms with Gasteiger partial charge in [0, 0.05) is 50.6 Å². The average molecular weight is 373 g/mol. The molecular formula is C18H23N5O4. The van der Waals surface area contributed by atoms with Gasteiger partial charge in [-0.05, 0) is 26.3 Å². The van der Waals surface area contributed by atoms with Crippen molar-refractivity contribution in [2.24, 2.45) is 0 Å². The van der Waals surface area contributed by atoms with E-state index in [0.29, 0.717) is 44.3 Å². The maximum atomic E-state index is 12.3. The summed E-state index contributed by atoms with van der Waals surface area (Å²) in [6, 6.07) is 1.77. The van der Waals surface area contributed by atoms with Gasteiger partial charge in [0.05, 0.1) is 5.69 Å². The molecule has 9 heteroatoms. The summed E-state index contributed by atoms with van der Waals surface area (Å²) in [5.41, 5.74) is 1.69. The topological polar surface area (TPSA) is 102 Å². The molecule has 1 aliphatic heterocycles. The lowest BCUT2D eigenvalue weighted by atomic mass is 10.1. The second-order valence-electron chi connectivity index (χ2n) is 6.38. The third-order valence-electron chi connectivity index (χ3n) is 4.58. The van der Waals surface area contributed by atoms with Crippen LogP contribution in [-0.4, -0.2) is 64.7 Å². The molecule has 0 bridgehead atoms. The lowest BCUT2D eigenvalue weighted by molar-refractivity contribution is -0.152. The van der Waals surface area contributed by atoms with Crippen molar-refractivity contribution in [3.8, 4) is 0 Å². The predicted molar refractivity (Wildman–Crippen MR) is 96.1 cm³/mol.